The van der Waals surface area contributed by atoms with Gasteiger partial charge in [-0.25, -0.2) is 4.98 Å². The number of carboxylic acid groups (broad SMARTS) is 1. The molecule has 0 spiro atoms. The molecular weight excluding hydrogens is 320 g/mol. The number of aliphatic carboxylic acids is 1. The molecule has 0 fully saturated rings. The zero-order valence-electron chi connectivity index (χ0n) is 11.7. The quantitative estimate of drug-likeness (QED) is 0.889. The third-order valence-corrected chi connectivity index (χ3v) is 3.94. The maximum Gasteiger partial charge on any atom is 0.304 e. The summed E-state index contributed by atoms with van der Waals surface area (Å²) in [4.78, 5) is 18.8. The van der Waals surface area contributed by atoms with Crippen LogP contribution in [0.4, 0.5) is 0 Å². The van der Waals surface area contributed by atoms with E-state index < -0.39 is 11.4 Å². The summed E-state index contributed by atoms with van der Waals surface area (Å²) in [5.41, 5.74) is 2.26. The lowest BCUT2D eigenvalue weighted by atomic mass is 9.88. The van der Waals surface area contributed by atoms with Gasteiger partial charge in [-0.3, -0.25) is 4.79 Å². The highest BCUT2D eigenvalue weighted by Gasteiger charge is 2.28. The number of aromatic amines is 1. The van der Waals surface area contributed by atoms with Gasteiger partial charge in [0.1, 0.15) is 5.82 Å². The first kappa shape index (κ1) is 14.8. The minimum atomic E-state index is -0.827. The minimum absolute atomic E-state index is 0.0371. The van der Waals surface area contributed by atoms with Crippen molar-refractivity contribution < 1.29 is 9.90 Å². The largest absolute Gasteiger partial charge is 0.481 e. The maximum atomic E-state index is 11.0. The standard InChI is InChI=1S/C15H17BrN2O2/c1-9-13(10-6-4-5-7-11(10)16)18-14(17-9)15(2,3)8-12(19)20/h4-7H,8H2,1-3H3,(H,17,18)(H,19,20). The van der Waals surface area contributed by atoms with Crippen molar-refractivity contribution in [2.75, 3.05) is 0 Å². The summed E-state index contributed by atoms with van der Waals surface area (Å²) >= 11 is 3.52. The molecule has 0 saturated carbocycles. The molecule has 5 heteroatoms. The average molecular weight is 337 g/mol. The molecule has 2 rings (SSSR count). The molecule has 0 atom stereocenters. The van der Waals surface area contributed by atoms with Crippen molar-refractivity contribution in [3.63, 3.8) is 0 Å². The van der Waals surface area contributed by atoms with Crippen molar-refractivity contribution in [2.45, 2.75) is 32.6 Å². The molecule has 0 bridgehead atoms. The SMILES string of the molecule is Cc1[nH]c(C(C)(C)CC(=O)O)nc1-c1ccccc1Br. The molecule has 0 aliphatic rings. The molecule has 0 amide bonds. The Morgan fingerprint density at radius 1 is 1.40 bits per heavy atom. The zero-order chi connectivity index (χ0) is 14.9. The van der Waals surface area contributed by atoms with Crippen LogP contribution in [0.1, 0.15) is 31.8 Å². The summed E-state index contributed by atoms with van der Waals surface area (Å²) < 4.78 is 0.970. The molecule has 0 aliphatic carbocycles. The molecule has 20 heavy (non-hydrogen) atoms. The molecular formula is C15H17BrN2O2. The predicted octanol–water partition coefficient (Wildman–Crippen LogP) is 3.90. The molecule has 0 aliphatic heterocycles. The van der Waals surface area contributed by atoms with Crippen LogP contribution in [-0.2, 0) is 10.2 Å². The molecule has 0 radical (unpaired) electrons. The number of nitrogens with zero attached hydrogens (tertiary/aromatic N) is 1. The summed E-state index contributed by atoms with van der Waals surface area (Å²) in [6, 6.07) is 7.86. The number of carbonyl (C=O) groups is 1. The molecule has 0 unspecified atom stereocenters. The van der Waals surface area contributed by atoms with Crippen LogP contribution in [0.25, 0.3) is 11.3 Å². The normalized spacial score (nSPS) is 11.6. The third-order valence-electron chi connectivity index (χ3n) is 3.25. The van der Waals surface area contributed by atoms with E-state index in [-0.39, 0.29) is 6.42 Å². The Morgan fingerprint density at radius 2 is 2.05 bits per heavy atom. The van der Waals surface area contributed by atoms with Crippen molar-refractivity contribution >= 4 is 21.9 Å². The molecule has 2 N–H and O–H groups in total. The topological polar surface area (TPSA) is 66.0 Å². The fourth-order valence-corrected chi connectivity index (χ4v) is 2.63. The Hall–Kier alpha value is -1.62. The van der Waals surface area contributed by atoms with E-state index in [1.54, 1.807) is 0 Å². The lowest BCUT2D eigenvalue weighted by molar-refractivity contribution is -0.138. The summed E-state index contributed by atoms with van der Waals surface area (Å²) in [7, 11) is 0. The van der Waals surface area contributed by atoms with E-state index in [4.69, 9.17) is 5.11 Å². The van der Waals surface area contributed by atoms with Gasteiger partial charge in [0.05, 0.1) is 12.1 Å². The smallest absolute Gasteiger partial charge is 0.304 e. The summed E-state index contributed by atoms with van der Waals surface area (Å²) in [6.45, 7) is 5.70. The number of hydrogen-bond acceptors (Lipinski definition) is 2. The Kier molecular flexibility index (Phi) is 3.99. The number of aromatic nitrogens is 2. The van der Waals surface area contributed by atoms with Crippen LogP contribution >= 0.6 is 15.9 Å². The Morgan fingerprint density at radius 3 is 2.65 bits per heavy atom. The minimum Gasteiger partial charge on any atom is -0.481 e. The highest BCUT2D eigenvalue weighted by molar-refractivity contribution is 9.10. The van der Waals surface area contributed by atoms with E-state index in [9.17, 15) is 4.79 Å². The Balaban J connectivity index is 2.45. The second-order valence-electron chi connectivity index (χ2n) is 5.49. The van der Waals surface area contributed by atoms with Gasteiger partial charge < -0.3 is 10.1 Å². The first-order valence-electron chi connectivity index (χ1n) is 6.35. The van der Waals surface area contributed by atoms with Gasteiger partial charge >= 0.3 is 5.97 Å². The van der Waals surface area contributed by atoms with Crippen molar-refractivity contribution in [3.8, 4) is 11.3 Å². The predicted molar refractivity (Wildman–Crippen MR) is 81.7 cm³/mol. The Bertz CT molecular complexity index is 647. The zero-order valence-corrected chi connectivity index (χ0v) is 13.3. The first-order valence-corrected chi connectivity index (χ1v) is 7.14. The number of nitrogens with one attached hydrogen (secondary N) is 1. The first-order chi connectivity index (χ1) is 9.31. The molecule has 1 heterocycles. The van der Waals surface area contributed by atoms with Crippen molar-refractivity contribution in [3.05, 3.63) is 40.3 Å². The van der Waals surface area contributed by atoms with Crippen molar-refractivity contribution in [1.29, 1.82) is 0 Å². The van der Waals surface area contributed by atoms with Crippen LogP contribution in [0.2, 0.25) is 0 Å². The second kappa shape index (κ2) is 5.40. The molecule has 4 nitrogen and oxygen atoms in total. The van der Waals surface area contributed by atoms with Gasteiger partial charge in [0.2, 0.25) is 0 Å². The number of rotatable bonds is 4. The van der Waals surface area contributed by atoms with Gasteiger partial charge in [-0.2, -0.15) is 0 Å². The van der Waals surface area contributed by atoms with E-state index in [0.717, 1.165) is 21.4 Å². The lowest BCUT2D eigenvalue weighted by Crippen LogP contribution is -2.23. The number of H-pyrrole nitrogens is 1. The number of halogens is 1. The van der Waals surface area contributed by atoms with Crippen LogP contribution in [-0.4, -0.2) is 21.0 Å². The molecule has 1 aromatic carbocycles. The van der Waals surface area contributed by atoms with E-state index in [1.165, 1.54) is 0 Å². The van der Waals surface area contributed by atoms with Gasteiger partial charge in [0.25, 0.3) is 0 Å². The van der Waals surface area contributed by atoms with E-state index in [0.29, 0.717) is 5.82 Å². The summed E-state index contributed by atoms with van der Waals surface area (Å²) in [5, 5.41) is 9.00. The molecule has 1 aromatic heterocycles. The van der Waals surface area contributed by atoms with E-state index in [2.05, 4.69) is 25.9 Å². The van der Waals surface area contributed by atoms with Gasteiger partial charge in [0.15, 0.2) is 0 Å². The highest BCUT2D eigenvalue weighted by atomic mass is 79.9. The summed E-state index contributed by atoms with van der Waals surface area (Å²) in [6.07, 6.45) is 0.0371. The molecule has 0 saturated heterocycles. The van der Waals surface area contributed by atoms with E-state index >= 15 is 0 Å². The number of carboxylic acids is 1. The van der Waals surface area contributed by atoms with Gasteiger partial charge in [-0.15, -0.1) is 0 Å². The number of benzene rings is 1. The van der Waals surface area contributed by atoms with Crippen molar-refractivity contribution in [2.24, 2.45) is 0 Å². The second-order valence-corrected chi connectivity index (χ2v) is 6.35. The monoisotopic (exact) mass is 336 g/mol. The van der Waals surface area contributed by atoms with E-state index in [1.807, 2.05) is 45.0 Å². The Labute approximate surface area is 126 Å². The maximum absolute atomic E-state index is 11.0. The fraction of sp³-hybridized carbons (Fsp3) is 0.333. The van der Waals surface area contributed by atoms with Gasteiger partial charge in [-0.05, 0) is 13.0 Å². The number of aryl methyl sites for hydroxylation is 1. The number of hydrogen-bond donors (Lipinski definition) is 2. The van der Waals surface area contributed by atoms with Crippen LogP contribution in [0, 0.1) is 6.92 Å². The van der Waals surface area contributed by atoms with Gasteiger partial charge in [0, 0.05) is 21.1 Å². The van der Waals surface area contributed by atoms with Crippen LogP contribution < -0.4 is 0 Å². The fourth-order valence-electron chi connectivity index (χ4n) is 2.16. The van der Waals surface area contributed by atoms with Gasteiger partial charge in [-0.1, -0.05) is 48.0 Å². The number of imidazole rings is 1. The molecule has 2 aromatic rings. The average Bonchev–Trinajstić information content (AvgIpc) is 2.71. The lowest BCUT2D eigenvalue weighted by Gasteiger charge is -2.19. The highest BCUT2D eigenvalue weighted by Crippen LogP contribution is 2.32. The van der Waals surface area contributed by atoms with Crippen molar-refractivity contribution in [1.82, 2.24) is 9.97 Å². The summed E-state index contributed by atoms with van der Waals surface area (Å²) in [5.74, 6) is -0.130. The van der Waals surface area contributed by atoms with Crippen LogP contribution in [0.5, 0.6) is 0 Å². The van der Waals surface area contributed by atoms with Crippen LogP contribution in [0.15, 0.2) is 28.7 Å². The van der Waals surface area contributed by atoms with Crippen LogP contribution in [0.3, 0.4) is 0 Å². The molecule has 106 valence electrons. The third kappa shape index (κ3) is 2.93.